The van der Waals surface area contributed by atoms with Crippen LogP contribution in [0, 0.1) is 0 Å². The van der Waals surface area contributed by atoms with Crippen LogP contribution in [0.3, 0.4) is 0 Å². The Morgan fingerprint density at radius 2 is 2.10 bits per heavy atom. The summed E-state index contributed by atoms with van der Waals surface area (Å²) in [5.41, 5.74) is 1.42. The third-order valence-electron chi connectivity index (χ3n) is 2.87. The number of aryl methyl sites for hydroxylation is 1. The van der Waals surface area contributed by atoms with Crippen molar-refractivity contribution in [1.29, 1.82) is 0 Å². The number of aliphatic imine (C=N–C) groups is 1. The lowest BCUT2D eigenvalue weighted by atomic mass is 10.1. The molecule has 0 amide bonds. The normalized spacial score (nSPS) is 11.3. The van der Waals surface area contributed by atoms with Gasteiger partial charge in [0, 0.05) is 11.8 Å². The second-order valence-corrected chi connectivity index (χ2v) is 5.37. The van der Waals surface area contributed by atoms with Crippen molar-refractivity contribution in [3.63, 3.8) is 0 Å². The van der Waals surface area contributed by atoms with Crippen molar-refractivity contribution in [1.82, 2.24) is 10.2 Å². The average Bonchev–Trinajstić information content (AvgIpc) is 3.12. The lowest BCUT2D eigenvalue weighted by Gasteiger charge is -1.93. The smallest absolute Gasteiger partial charge is 0.291 e. The SMILES string of the molecule is CCc1nnc(/N=C/c2cc(-c3ccccc3)oc2O)s1. The molecule has 0 bridgehead atoms. The van der Waals surface area contributed by atoms with E-state index < -0.39 is 0 Å². The van der Waals surface area contributed by atoms with Crippen LogP contribution < -0.4 is 0 Å². The summed E-state index contributed by atoms with van der Waals surface area (Å²) in [5, 5.41) is 19.3. The van der Waals surface area contributed by atoms with E-state index in [4.69, 9.17) is 4.42 Å². The van der Waals surface area contributed by atoms with E-state index >= 15 is 0 Å². The molecule has 5 nitrogen and oxygen atoms in total. The van der Waals surface area contributed by atoms with E-state index in [0.717, 1.165) is 17.0 Å². The van der Waals surface area contributed by atoms with E-state index in [9.17, 15) is 5.11 Å². The van der Waals surface area contributed by atoms with Gasteiger partial charge in [0.25, 0.3) is 5.95 Å². The Morgan fingerprint density at radius 3 is 2.81 bits per heavy atom. The first-order valence-corrected chi connectivity index (χ1v) is 7.32. The molecule has 21 heavy (non-hydrogen) atoms. The fourth-order valence-electron chi connectivity index (χ4n) is 1.80. The second-order valence-electron chi connectivity index (χ2n) is 4.33. The van der Waals surface area contributed by atoms with Crippen molar-refractivity contribution in [2.45, 2.75) is 13.3 Å². The van der Waals surface area contributed by atoms with Crippen LogP contribution in [-0.4, -0.2) is 21.5 Å². The molecule has 1 N–H and O–H groups in total. The Labute approximate surface area is 125 Å². The summed E-state index contributed by atoms with van der Waals surface area (Å²) < 4.78 is 5.35. The molecule has 3 aromatic rings. The maximum Gasteiger partial charge on any atom is 0.291 e. The topological polar surface area (TPSA) is 71.5 Å². The maximum absolute atomic E-state index is 9.83. The minimum absolute atomic E-state index is 0.155. The van der Waals surface area contributed by atoms with Crippen molar-refractivity contribution in [3.8, 4) is 17.3 Å². The third kappa shape index (κ3) is 3.00. The third-order valence-corrected chi connectivity index (χ3v) is 3.85. The average molecular weight is 299 g/mol. The Balaban J connectivity index is 1.84. The van der Waals surface area contributed by atoms with Gasteiger partial charge in [0.1, 0.15) is 10.8 Å². The number of nitrogens with zero attached hydrogens (tertiary/aromatic N) is 3. The van der Waals surface area contributed by atoms with Crippen molar-refractivity contribution < 1.29 is 9.52 Å². The van der Waals surface area contributed by atoms with Crippen LogP contribution in [0.25, 0.3) is 11.3 Å². The van der Waals surface area contributed by atoms with E-state index in [-0.39, 0.29) is 5.95 Å². The summed E-state index contributed by atoms with van der Waals surface area (Å²) in [6, 6.07) is 11.3. The van der Waals surface area contributed by atoms with E-state index in [1.807, 2.05) is 37.3 Å². The first-order valence-electron chi connectivity index (χ1n) is 6.51. The Bertz CT molecular complexity index is 762. The molecular weight excluding hydrogens is 286 g/mol. The first-order chi connectivity index (χ1) is 10.3. The fraction of sp³-hybridized carbons (Fsp3) is 0.133. The summed E-state index contributed by atoms with van der Waals surface area (Å²) in [4.78, 5) is 4.21. The monoisotopic (exact) mass is 299 g/mol. The number of aromatic nitrogens is 2. The predicted octanol–water partition coefficient (Wildman–Crippen LogP) is 3.82. The molecule has 0 radical (unpaired) electrons. The van der Waals surface area contributed by atoms with Crippen LogP contribution in [0.4, 0.5) is 5.13 Å². The lowest BCUT2D eigenvalue weighted by molar-refractivity contribution is 0.337. The minimum Gasteiger partial charge on any atom is -0.480 e. The number of hydrogen-bond acceptors (Lipinski definition) is 6. The zero-order valence-electron chi connectivity index (χ0n) is 11.4. The second kappa shape index (κ2) is 5.88. The quantitative estimate of drug-likeness (QED) is 0.743. The van der Waals surface area contributed by atoms with Crippen LogP contribution in [0.5, 0.6) is 5.95 Å². The summed E-state index contributed by atoms with van der Waals surface area (Å²) in [5.74, 6) is 0.443. The number of hydrogen-bond donors (Lipinski definition) is 1. The molecule has 0 aliphatic rings. The van der Waals surface area contributed by atoms with Gasteiger partial charge in [-0.1, -0.05) is 48.6 Å². The predicted molar refractivity (Wildman–Crippen MR) is 82.3 cm³/mol. The van der Waals surface area contributed by atoms with Gasteiger partial charge in [-0.25, -0.2) is 4.99 Å². The molecule has 0 fully saturated rings. The van der Waals surface area contributed by atoms with E-state index in [1.165, 1.54) is 17.6 Å². The van der Waals surface area contributed by atoms with Gasteiger partial charge in [-0.3, -0.25) is 0 Å². The Hall–Kier alpha value is -2.47. The van der Waals surface area contributed by atoms with Crippen LogP contribution >= 0.6 is 11.3 Å². The molecule has 3 rings (SSSR count). The summed E-state index contributed by atoms with van der Waals surface area (Å²) >= 11 is 1.43. The van der Waals surface area contributed by atoms with Gasteiger partial charge in [0.05, 0.1) is 5.56 Å². The van der Waals surface area contributed by atoms with Crippen LogP contribution in [0.2, 0.25) is 0 Å². The van der Waals surface area contributed by atoms with Crippen molar-refractivity contribution in [2.24, 2.45) is 4.99 Å². The van der Waals surface area contributed by atoms with Crippen molar-refractivity contribution in [3.05, 3.63) is 47.0 Å². The molecule has 0 aliphatic carbocycles. The Morgan fingerprint density at radius 1 is 1.29 bits per heavy atom. The van der Waals surface area contributed by atoms with Gasteiger partial charge in [0.15, 0.2) is 0 Å². The van der Waals surface area contributed by atoms with Gasteiger partial charge in [-0.2, -0.15) is 0 Å². The van der Waals surface area contributed by atoms with Gasteiger partial charge in [-0.05, 0) is 12.5 Å². The maximum atomic E-state index is 9.83. The van der Waals surface area contributed by atoms with Crippen LogP contribution in [0.1, 0.15) is 17.5 Å². The highest BCUT2D eigenvalue weighted by Crippen LogP contribution is 2.29. The van der Waals surface area contributed by atoms with Crippen LogP contribution in [0.15, 0.2) is 45.8 Å². The highest BCUT2D eigenvalue weighted by Gasteiger charge is 2.10. The number of aromatic hydroxyl groups is 1. The molecule has 0 spiro atoms. The molecule has 2 aromatic heterocycles. The summed E-state index contributed by atoms with van der Waals surface area (Å²) in [6.45, 7) is 2.02. The standard InChI is InChI=1S/C15H13N3O2S/c1-2-13-17-18-15(21-13)16-9-11-8-12(20-14(11)19)10-6-4-3-5-7-10/h3-9,19H,2H2,1H3/b16-9+. The lowest BCUT2D eigenvalue weighted by Crippen LogP contribution is -1.76. The van der Waals surface area contributed by atoms with Crippen molar-refractivity contribution >= 4 is 22.7 Å². The van der Waals surface area contributed by atoms with E-state index in [1.54, 1.807) is 6.07 Å². The molecule has 0 aliphatic heterocycles. The number of benzene rings is 1. The Kier molecular flexibility index (Phi) is 3.79. The molecule has 0 saturated heterocycles. The summed E-state index contributed by atoms with van der Waals surface area (Å²) in [6.07, 6.45) is 2.37. The minimum atomic E-state index is -0.155. The highest BCUT2D eigenvalue weighted by atomic mass is 32.1. The highest BCUT2D eigenvalue weighted by molar-refractivity contribution is 7.14. The van der Waals surface area contributed by atoms with E-state index in [0.29, 0.717) is 16.5 Å². The molecule has 1 aromatic carbocycles. The van der Waals surface area contributed by atoms with E-state index in [2.05, 4.69) is 15.2 Å². The first kappa shape index (κ1) is 13.5. The van der Waals surface area contributed by atoms with Gasteiger partial charge >= 0.3 is 0 Å². The summed E-state index contributed by atoms with van der Waals surface area (Å²) in [7, 11) is 0. The number of rotatable bonds is 4. The van der Waals surface area contributed by atoms with Gasteiger partial charge < -0.3 is 9.52 Å². The molecule has 0 unspecified atom stereocenters. The molecule has 0 atom stereocenters. The largest absolute Gasteiger partial charge is 0.480 e. The van der Waals surface area contributed by atoms with Crippen LogP contribution in [-0.2, 0) is 6.42 Å². The zero-order chi connectivity index (χ0) is 14.7. The van der Waals surface area contributed by atoms with Gasteiger partial charge in [-0.15, -0.1) is 10.2 Å². The van der Waals surface area contributed by atoms with Crippen molar-refractivity contribution in [2.75, 3.05) is 0 Å². The molecule has 106 valence electrons. The number of furan rings is 1. The zero-order valence-corrected chi connectivity index (χ0v) is 12.2. The van der Waals surface area contributed by atoms with Gasteiger partial charge in [0.2, 0.25) is 5.13 Å². The molecular formula is C15H13N3O2S. The molecule has 6 heteroatoms. The fourth-order valence-corrected chi connectivity index (χ4v) is 2.42. The molecule has 2 heterocycles. The molecule has 0 saturated carbocycles.